The molecule has 2 aromatic rings. The second-order valence-corrected chi connectivity index (χ2v) is 8.79. The summed E-state index contributed by atoms with van der Waals surface area (Å²) in [7, 11) is 1.60. The number of piperazine rings is 1. The Bertz CT molecular complexity index is 1040. The molecule has 34 heavy (non-hydrogen) atoms. The zero-order valence-corrected chi connectivity index (χ0v) is 19.4. The van der Waals surface area contributed by atoms with Gasteiger partial charge in [-0.3, -0.25) is 9.59 Å². The van der Waals surface area contributed by atoms with Crippen molar-refractivity contribution in [3.8, 4) is 5.75 Å². The highest BCUT2D eigenvalue weighted by atomic mass is 16.5. The quantitative estimate of drug-likeness (QED) is 0.645. The van der Waals surface area contributed by atoms with Gasteiger partial charge in [0.15, 0.2) is 5.82 Å². The van der Waals surface area contributed by atoms with Gasteiger partial charge in [-0.05, 0) is 12.1 Å². The van der Waals surface area contributed by atoms with Gasteiger partial charge >= 0.3 is 0 Å². The Morgan fingerprint density at radius 3 is 2.59 bits per heavy atom. The predicted octanol–water partition coefficient (Wildman–Crippen LogP) is 1.02. The van der Waals surface area contributed by atoms with Gasteiger partial charge in [0.2, 0.25) is 11.8 Å². The Morgan fingerprint density at radius 2 is 1.82 bits per heavy atom. The van der Waals surface area contributed by atoms with Gasteiger partial charge in [0.25, 0.3) is 0 Å². The molecule has 1 atom stereocenters. The molecule has 180 valence electrons. The first kappa shape index (κ1) is 22.4. The predicted molar refractivity (Wildman–Crippen MR) is 127 cm³/mol. The van der Waals surface area contributed by atoms with Crippen molar-refractivity contribution in [1.82, 2.24) is 15.1 Å². The average Bonchev–Trinajstić information content (AvgIpc) is 3.30. The van der Waals surface area contributed by atoms with E-state index in [1.807, 2.05) is 29.2 Å². The van der Waals surface area contributed by atoms with E-state index in [2.05, 4.69) is 26.1 Å². The molecule has 0 radical (unpaired) electrons. The summed E-state index contributed by atoms with van der Waals surface area (Å²) in [6.07, 6.45) is 2.03. The monoisotopic (exact) mass is 466 g/mol. The minimum atomic E-state index is -0.324. The summed E-state index contributed by atoms with van der Waals surface area (Å²) in [4.78, 5) is 33.9. The smallest absolute Gasteiger partial charge is 0.228 e. The van der Waals surface area contributed by atoms with Crippen LogP contribution in [0.2, 0.25) is 0 Å². The third-order valence-electron chi connectivity index (χ3n) is 6.76. The third kappa shape index (κ3) is 4.63. The SMILES string of the molecule is COc1cccc(N2CC(C(=O)N3CCN(c4cc(N5CCOCC5)cnn4)CC3)CC2=O)c1. The van der Waals surface area contributed by atoms with Gasteiger partial charge in [0.1, 0.15) is 5.75 Å². The van der Waals surface area contributed by atoms with Gasteiger partial charge in [0, 0.05) is 70.1 Å². The zero-order valence-electron chi connectivity index (χ0n) is 19.4. The lowest BCUT2D eigenvalue weighted by molar-refractivity contribution is -0.136. The van der Waals surface area contributed by atoms with Gasteiger partial charge in [-0.1, -0.05) is 6.07 Å². The van der Waals surface area contributed by atoms with Crippen molar-refractivity contribution in [2.45, 2.75) is 6.42 Å². The lowest BCUT2D eigenvalue weighted by atomic mass is 10.1. The summed E-state index contributed by atoms with van der Waals surface area (Å²) in [5, 5.41) is 8.53. The number of nitrogens with zero attached hydrogens (tertiary/aromatic N) is 6. The number of methoxy groups -OCH3 is 1. The van der Waals surface area contributed by atoms with Gasteiger partial charge in [-0.15, -0.1) is 5.10 Å². The first-order valence-electron chi connectivity index (χ1n) is 11.8. The highest BCUT2D eigenvalue weighted by Gasteiger charge is 2.38. The van der Waals surface area contributed by atoms with Crippen LogP contribution in [0, 0.1) is 5.92 Å². The molecular weight excluding hydrogens is 436 g/mol. The number of aromatic nitrogens is 2. The molecule has 0 aliphatic carbocycles. The number of hydrogen-bond acceptors (Lipinski definition) is 8. The van der Waals surface area contributed by atoms with Crippen LogP contribution in [-0.2, 0) is 14.3 Å². The Kier molecular flexibility index (Phi) is 6.48. The number of morpholine rings is 1. The summed E-state index contributed by atoms with van der Waals surface area (Å²) in [6, 6.07) is 9.46. The van der Waals surface area contributed by atoms with E-state index in [0.717, 1.165) is 43.5 Å². The van der Waals surface area contributed by atoms with Crippen molar-refractivity contribution < 1.29 is 19.1 Å². The zero-order chi connectivity index (χ0) is 23.5. The van der Waals surface area contributed by atoms with E-state index >= 15 is 0 Å². The molecule has 5 rings (SSSR count). The van der Waals surface area contributed by atoms with Crippen LogP contribution in [0.1, 0.15) is 6.42 Å². The second kappa shape index (κ2) is 9.84. The third-order valence-corrected chi connectivity index (χ3v) is 6.76. The second-order valence-electron chi connectivity index (χ2n) is 8.79. The molecule has 4 heterocycles. The number of carbonyl (C=O) groups is 2. The first-order valence-corrected chi connectivity index (χ1v) is 11.8. The summed E-state index contributed by atoms with van der Waals surface area (Å²) in [5.41, 5.74) is 1.82. The largest absolute Gasteiger partial charge is 0.497 e. The van der Waals surface area contributed by atoms with E-state index in [-0.39, 0.29) is 24.2 Å². The highest BCUT2D eigenvalue weighted by Crippen LogP contribution is 2.29. The van der Waals surface area contributed by atoms with E-state index < -0.39 is 0 Å². The summed E-state index contributed by atoms with van der Waals surface area (Å²) < 4.78 is 10.7. The number of hydrogen-bond donors (Lipinski definition) is 0. The minimum Gasteiger partial charge on any atom is -0.497 e. The van der Waals surface area contributed by atoms with Crippen LogP contribution in [0.5, 0.6) is 5.75 Å². The van der Waals surface area contributed by atoms with Crippen LogP contribution in [0.15, 0.2) is 36.5 Å². The minimum absolute atomic E-state index is 0.0274. The summed E-state index contributed by atoms with van der Waals surface area (Å²) in [6.45, 7) is 6.12. The molecule has 0 bridgehead atoms. The van der Waals surface area contributed by atoms with Crippen LogP contribution >= 0.6 is 0 Å². The van der Waals surface area contributed by atoms with Crippen molar-refractivity contribution in [3.63, 3.8) is 0 Å². The lowest BCUT2D eigenvalue weighted by Gasteiger charge is -2.36. The van der Waals surface area contributed by atoms with Gasteiger partial charge in [-0.2, -0.15) is 5.10 Å². The van der Waals surface area contributed by atoms with E-state index in [1.54, 1.807) is 18.2 Å². The molecule has 1 aromatic carbocycles. The van der Waals surface area contributed by atoms with E-state index in [0.29, 0.717) is 38.5 Å². The molecule has 10 nitrogen and oxygen atoms in total. The standard InChI is InChI=1S/C24H30N6O4/c1-33-21-4-2-3-19(14-21)30-17-18(13-23(30)31)24(32)29-7-5-28(6-8-29)22-15-20(16-25-26-22)27-9-11-34-12-10-27/h2-4,14-16,18H,5-13,17H2,1H3. The molecule has 3 aliphatic rings. The summed E-state index contributed by atoms with van der Waals surface area (Å²) >= 11 is 0. The molecule has 3 aliphatic heterocycles. The van der Waals surface area contributed by atoms with Crippen LogP contribution in [0.25, 0.3) is 0 Å². The fraction of sp³-hybridized carbons (Fsp3) is 0.500. The highest BCUT2D eigenvalue weighted by molar-refractivity contribution is 6.00. The van der Waals surface area contributed by atoms with Crippen molar-refractivity contribution in [1.29, 1.82) is 0 Å². The Morgan fingerprint density at radius 1 is 1.03 bits per heavy atom. The van der Waals surface area contributed by atoms with Crippen LogP contribution in [0.4, 0.5) is 17.2 Å². The fourth-order valence-corrected chi connectivity index (χ4v) is 4.81. The number of amides is 2. The molecule has 3 fully saturated rings. The van der Waals surface area contributed by atoms with Gasteiger partial charge in [0.05, 0.1) is 38.1 Å². The number of rotatable bonds is 5. The van der Waals surface area contributed by atoms with Crippen LogP contribution in [-0.4, -0.2) is 93.0 Å². The molecule has 3 saturated heterocycles. The number of benzene rings is 1. The first-order chi connectivity index (χ1) is 16.6. The molecule has 10 heteroatoms. The van der Waals surface area contributed by atoms with E-state index in [4.69, 9.17) is 9.47 Å². The molecule has 2 amide bonds. The van der Waals surface area contributed by atoms with E-state index in [9.17, 15) is 9.59 Å². The number of ether oxygens (including phenoxy) is 2. The maximum absolute atomic E-state index is 13.2. The fourth-order valence-electron chi connectivity index (χ4n) is 4.81. The lowest BCUT2D eigenvalue weighted by Crippen LogP contribution is -2.51. The Hall–Kier alpha value is -3.40. The Labute approximate surface area is 199 Å². The van der Waals surface area contributed by atoms with Gasteiger partial charge < -0.3 is 29.1 Å². The normalized spacial score (nSPS) is 21.2. The Balaban J connectivity index is 1.18. The molecule has 1 aromatic heterocycles. The van der Waals surface area contributed by atoms with Gasteiger partial charge in [-0.25, -0.2) is 0 Å². The number of carbonyl (C=O) groups excluding carboxylic acids is 2. The molecular formula is C24H30N6O4. The van der Waals surface area contributed by atoms with Crippen molar-refractivity contribution in [3.05, 3.63) is 36.5 Å². The average molecular weight is 467 g/mol. The molecule has 0 N–H and O–H groups in total. The van der Waals surface area contributed by atoms with Crippen LogP contribution < -0.4 is 19.4 Å². The van der Waals surface area contributed by atoms with Crippen LogP contribution in [0.3, 0.4) is 0 Å². The van der Waals surface area contributed by atoms with E-state index in [1.165, 1.54) is 0 Å². The van der Waals surface area contributed by atoms with Crippen molar-refractivity contribution in [2.75, 3.05) is 80.8 Å². The maximum atomic E-state index is 13.2. The topological polar surface area (TPSA) is 91.3 Å². The maximum Gasteiger partial charge on any atom is 0.228 e. The molecule has 0 spiro atoms. The molecule has 1 unspecified atom stereocenters. The summed E-state index contributed by atoms with van der Waals surface area (Å²) in [5.74, 6) is 1.22. The van der Waals surface area contributed by atoms with Crippen molar-refractivity contribution in [2.24, 2.45) is 5.92 Å². The number of anilines is 3. The van der Waals surface area contributed by atoms with Crippen molar-refractivity contribution >= 4 is 29.0 Å². The molecule has 0 saturated carbocycles.